The molecule has 1 aromatic heterocycles. The highest BCUT2D eigenvalue weighted by atomic mass is 16.6. The molecule has 21 heavy (non-hydrogen) atoms. The van der Waals surface area contributed by atoms with Gasteiger partial charge in [0.1, 0.15) is 5.75 Å². The molecule has 0 radical (unpaired) electrons. The number of esters is 1. The summed E-state index contributed by atoms with van der Waals surface area (Å²) < 4.78 is 15.6. The Kier molecular flexibility index (Phi) is 4.92. The molecule has 0 spiro atoms. The number of carbonyl (C=O) groups is 1. The van der Waals surface area contributed by atoms with E-state index in [-0.39, 0.29) is 5.97 Å². The third-order valence-electron chi connectivity index (χ3n) is 2.82. The van der Waals surface area contributed by atoms with Gasteiger partial charge in [0.2, 0.25) is 11.7 Å². The van der Waals surface area contributed by atoms with Gasteiger partial charge in [-0.05, 0) is 25.5 Å². The number of nitrogens with zero attached hydrogens (tertiary/aromatic N) is 2. The summed E-state index contributed by atoms with van der Waals surface area (Å²) in [7, 11) is 0. The quantitative estimate of drug-likeness (QED) is 0.761. The highest BCUT2D eigenvalue weighted by molar-refractivity contribution is 5.75. The Hall–Kier alpha value is -2.37. The SMILES string of the molecule is CCOC(=O)C(CC)Oc1cccc(-c2noc(C)n2)c1. The van der Waals surface area contributed by atoms with Crippen molar-refractivity contribution < 1.29 is 18.8 Å². The van der Waals surface area contributed by atoms with Gasteiger partial charge in [-0.1, -0.05) is 24.2 Å². The van der Waals surface area contributed by atoms with Crippen LogP contribution in [0.15, 0.2) is 28.8 Å². The van der Waals surface area contributed by atoms with E-state index in [0.717, 1.165) is 5.56 Å². The van der Waals surface area contributed by atoms with Gasteiger partial charge in [0, 0.05) is 12.5 Å². The van der Waals surface area contributed by atoms with Crippen LogP contribution in [0.1, 0.15) is 26.2 Å². The first-order valence-corrected chi connectivity index (χ1v) is 6.88. The molecule has 0 bridgehead atoms. The van der Waals surface area contributed by atoms with Crippen molar-refractivity contribution in [1.29, 1.82) is 0 Å². The Morgan fingerprint density at radius 1 is 1.38 bits per heavy atom. The lowest BCUT2D eigenvalue weighted by atomic mass is 10.2. The summed E-state index contributed by atoms with van der Waals surface area (Å²) in [6.45, 7) is 5.70. The largest absolute Gasteiger partial charge is 0.479 e. The van der Waals surface area contributed by atoms with Gasteiger partial charge in [-0.3, -0.25) is 0 Å². The van der Waals surface area contributed by atoms with E-state index < -0.39 is 6.10 Å². The predicted molar refractivity (Wildman–Crippen MR) is 75.8 cm³/mol. The lowest BCUT2D eigenvalue weighted by Gasteiger charge is -2.16. The first kappa shape index (κ1) is 15.0. The number of aryl methyl sites for hydroxylation is 1. The van der Waals surface area contributed by atoms with Crippen LogP contribution in [-0.2, 0) is 9.53 Å². The molecule has 2 aromatic rings. The van der Waals surface area contributed by atoms with Gasteiger partial charge in [-0.25, -0.2) is 4.79 Å². The standard InChI is InChI=1S/C15H18N2O4/c1-4-13(15(18)19-5-2)20-12-8-6-7-11(9-12)14-16-10(3)21-17-14/h6-9,13H,4-5H2,1-3H3. The Morgan fingerprint density at radius 3 is 2.81 bits per heavy atom. The molecule has 6 heteroatoms. The molecule has 0 fully saturated rings. The molecule has 1 atom stereocenters. The minimum Gasteiger partial charge on any atom is -0.479 e. The van der Waals surface area contributed by atoms with Crippen molar-refractivity contribution >= 4 is 5.97 Å². The maximum atomic E-state index is 11.7. The highest BCUT2D eigenvalue weighted by Gasteiger charge is 2.19. The normalized spacial score (nSPS) is 12.0. The lowest BCUT2D eigenvalue weighted by molar-refractivity contribution is -0.151. The van der Waals surface area contributed by atoms with E-state index in [0.29, 0.717) is 30.5 Å². The maximum Gasteiger partial charge on any atom is 0.347 e. The molecule has 0 saturated carbocycles. The van der Waals surface area contributed by atoms with Gasteiger partial charge in [0.25, 0.3) is 0 Å². The molecule has 0 aliphatic carbocycles. The molecule has 2 rings (SSSR count). The van der Waals surface area contributed by atoms with Crippen LogP contribution in [0.2, 0.25) is 0 Å². The van der Waals surface area contributed by atoms with Crippen LogP contribution in [0.5, 0.6) is 5.75 Å². The zero-order valence-corrected chi connectivity index (χ0v) is 12.3. The summed E-state index contributed by atoms with van der Waals surface area (Å²) in [6.07, 6.45) is -0.0862. The molecule has 1 heterocycles. The number of hydrogen-bond acceptors (Lipinski definition) is 6. The van der Waals surface area contributed by atoms with Gasteiger partial charge in [0.15, 0.2) is 6.10 Å². The Bertz CT molecular complexity index is 609. The van der Waals surface area contributed by atoms with E-state index in [2.05, 4.69) is 10.1 Å². The number of ether oxygens (including phenoxy) is 2. The molecule has 0 saturated heterocycles. The second-order valence-corrected chi connectivity index (χ2v) is 4.43. The van der Waals surface area contributed by atoms with Gasteiger partial charge in [-0.15, -0.1) is 0 Å². The molecular formula is C15H18N2O4. The van der Waals surface area contributed by atoms with Crippen LogP contribution in [0, 0.1) is 6.92 Å². The van der Waals surface area contributed by atoms with Crippen molar-refractivity contribution in [2.45, 2.75) is 33.3 Å². The fraction of sp³-hybridized carbons (Fsp3) is 0.400. The molecule has 0 aliphatic rings. The number of rotatable bonds is 6. The average molecular weight is 290 g/mol. The fourth-order valence-electron chi connectivity index (χ4n) is 1.82. The molecule has 0 N–H and O–H groups in total. The second-order valence-electron chi connectivity index (χ2n) is 4.43. The monoisotopic (exact) mass is 290 g/mol. The average Bonchev–Trinajstić information content (AvgIpc) is 2.92. The molecule has 1 aromatic carbocycles. The lowest BCUT2D eigenvalue weighted by Crippen LogP contribution is -2.28. The van der Waals surface area contributed by atoms with Crippen molar-refractivity contribution in [2.24, 2.45) is 0 Å². The highest BCUT2D eigenvalue weighted by Crippen LogP contribution is 2.23. The van der Waals surface area contributed by atoms with Crippen molar-refractivity contribution in [3.8, 4) is 17.1 Å². The summed E-state index contributed by atoms with van der Waals surface area (Å²) in [4.78, 5) is 15.9. The minimum absolute atomic E-state index is 0.334. The van der Waals surface area contributed by atoms with Crippen LogP contribution in [0.25, 0.3) is 11.4 Å². The van der Waals surface area contributed by atoms with E-state index >= 15 is 0 Å². The molecule has 112 valence electrons. The van der Waals surface area contributed by atoms with Crippen LogP contribution in [0.4, 0.5) is 0 Å². The zero-order chi connectivity index (χ0) is 15.2. The van der Waals surface area contributed by atoms with Gasteiger partial charge in [0.05, 0.1) is 6.61 Å². The predicted octanol–water partition coefficient (Wildman–Crippen LogP) is 2.77. The first-order chi connectivity index (χ1) is 10.1. The summed E-state index contributed by atoms with van der Waals surface area (Å²) in [6, 6.07) is 7.21. The third kappa shape index (κ3) is 3.81. The summed E-state index contributed by atoms with van der Waals surface area (Å²) >= 11 is 0. The molecule has 0 aliphatic heterocycles. The van der Waals surface area contributed by atoms with Crippen molar-refractivity contribution in [2.75, 3.05) is 6.61 Å². The van der Waals surface area contributed by atoms with Gasteiger partial charge < -0.3 is 14.0 Å². The smallest absolute Gasteiger partial charge is 0.347 e. The van der Waals surface area contributed by atoms with E-state index in [1.165, 1.54) is 0 Å². The first-order valence-electron chi connectivity index (χ1n) is 6.88. The van der Waals surface area contributed by atoms with E-state index in [1.807, 2.05) is 19.1 Å². The number of hydrogen-bond donors (Lipinski definition) is 0. The van der Waals surface area contributed by atoms with E-state index in [9.17, 15) is 4.79 Å². The van der Waals surface area contributed by atoms with Crippen molar-refractivity contribution in [3.05, 3.63) is 30.2 Å². The fourth-order valence-corrected chi connectivity index (χ4v) is 1.82. The Morgan fingerprint density at radius 2 is 2.19 bits per heavy atom. The van der Waals surface area contributed by atoms with E-state index in [1.54, 1.807) is 26.0 Å². The molecule has 6 nitrogen and oxygen atoms in total. The van der Waals surface area contributed by atoms with Crippen LogP contribution in [0.3, 0.4) is 0 Å². The maximum absolute atomic E-state index is 11.7. The van der Waals surface area contributed by atoms with Gasteiger partial charge >= 0.3 is 5.97 Å². The van der Waals surface area contributed by atoms with E-state index in [4.69, 9.17) is 14.0 Å². The van der Waals surface area contributed by atoms with Crippen molar-refractivity contribution in [3.63, 3.8) is 0 Å². The Balaban J connectivity index is 2.15. The molecule has 0 amide bonds. The minimum atomic E-state index is -0.618. The summed E-state index contributed by atoms with van der Waals surface area (Å²) in [5.41, 5.74) is 0.767. The van der Waals surface area contributed by atoms with Gasteiger partial charge in [-0.2, -0.15) is 4.98 Å². The Labute approximate surface area is 123 Å². The third-order valence-corrected chi connectivity index (χ3v) is 2.82. The second kappa shape index (κ2) is 6.88. The number of carbonyl (C=O) groups excluding carboxylic acids is 1. The number of aromatic nitrogens is 2. The number of benzene rings is 1. The summed E-state index contributed by atoms with van der Waals surface area (Å²) in [5, 5.41) is 3.86. The molecule has 1 unspecified atom stereocenters. The summed E-state index contributed by atoms with van der Waals surface area (Å²) in [5.74, 6) is 1.19. The van der Waals surface area contributed by atoms with Crippen LogP contribution < -0.4 is 4.74 Å². The van der Waals surface area contributed by atoms with Crippen molar-refractivity contribution in [1.82, 2.24) is 10.1 Å². The zero-order valence-electron chi connectivity index (χ0n) is 12.3. The van der Waals surface area contributed by atoms with Crippen LogP contribution in [-0.4, -0.2) is 28.8 Å². The molecular weight excluding hydrogens is 272 g/mol. The van der Waals surface area contributed by atoms with Crippen LogP contribution >= 0.6 is 0 Å². The topological polar surface area (TPSA) is 74.5 Å².